The molecule has 1 heterocycles. The summed E-state index contributed by atoms with van der Waals surface area (Å²) in [4.78, 5) is 27.4. The van der Waals surface area contributed by atoms with Crippen LogP contribution in [0.15, 0.2) is 24.3 Å². The Bertz CT molecular complexity index is 578. The summed E-state index contributed by atoms with van der Waals surface area (Å²) in [6, 6.07) is 7.99. The molecule has 7 nitrogen and oxygen atoms in total. The van der Waals surface area contributed by atoms with Crippen LogP contribution in [0.1, 0.15) is 19.8 Å². The van der Waals surface area contributed by atoms with Gasteiger partial charge < -0.3 is 25.2 Å². The van der Waals surface area contributed by atoms with Crippen LogP contribution in [-0.4, -0.2) is 55.9 Å². The van der Waals surface area contributed by atoms with E-state index in [9.17, 15) is 9.59 Å². The fourth-order valence-corrected chi connectivity index (χ4v) is 2.70. The highest BCUT2D eigenvalue weighted by molar-refractivity contribution is 5.89. The smallest absolute Gasteiger partial charge is 0.409 e. The van der Waals surface area contributed by atoms with Gasteiger partial charge in [0.1, 0.15) is 0 Å². The number of piperazine rings is 1. The summed E-state index contributed by atoms with van der Waals surface area (Å²) in [5, 5.41) is 5.74. The SMILES string of the molecule is CCOC(=O)N1CCN(c2ccc(NC(=O)NC3CC3)cc2)CC1. The minimum atomic E-state index is -0.238. The van der Waals surface area contributed by atoms with Gasteiger partial charge in [-0.15, -0.1) is 0 Å². The molecule has 2 N–H and O–H groups in total. The van der Waals surface area contributed by atoms with Gasteiger partial charge in [0, 0.05) is 43.6 Å². The summed E-state index contributed by atoms with van der Waals surface area (Å²) in [6.45, 7) is 5.07. The van der Waals surface area contributed by atoms with Gasteiger partial charge in [-0.3, -0.25) is 0 Å². The van der Waals surface area contributed by atoms with Gasteiger partial charge in [0.05, 0.1) is 6.61 Å². The first kappa shape index (κ1) is 16.4. The second-order valence-corrected chi connectivity index (χ2v) is 6.09. The minimum Gasteiger partial charge on any atom is -0.450 e. The number of rotatable bonds is 4. The maximum Gasteiger partial charge on any atom is 0.409 e. The van der Waals surface area contributed by atoms with E-state index in [4.69, 9.17) is 4.74 Å². The van der Waals surface area contributed by atoms with Crippen molar-refractivity contribution in [3.05, 3.63) is 24.3 Å². The van der Waals surface area contributed by atoms with Crippen LogP contribution in [0.2, 0.25) is 0 Å². The predicted octanol–water partition coefficient (Wildman–Crippen LogP) is 2.25. The highest BCUT2D eigenvalue weighted by Gasteiger charge is 2.23. The van der Waals surface area contributed by atoms with Gasteiger partial charge in [0.15, 0.2) is 0 Å². The maximum absolute atomic E-state index is 11.7. The number of nitrogens with zero attached hydrogens (tertiary/aromatic N) is 2. The lowest BCUT2D eigenvalue weighted by Crippen LogP contribution is -2.49. The number of ether oxygens (including phenoxy) is 1. The van der Waals surface area contributed by atoms with E-state index in [1.165, 1.54) is 0 Å². The van der Waals surface area contributed by atoms with Crippen molar-refractivity contribution in [1.82, 2.24) is 10.2 Å². The van der Waals surface area contributed by atoms with Crippen molar-refractivity contribution in [2.75, 3.05) is 43.0 Å². The third-order valence-corrected chi connectivity index (χ3v) is 4.21. The van der Waals surface area contributed by atoms with E-state index in [-0.39, 0.29) is 12.1 Å². The Balaban J connectivity index is 1.49. The maximum atomic E-state index is 11.7. The zero-order chi connectivity index (χ0) is 16.9. The van der Waals surface area contributed by atoms with Crippen molar-refractivity contribution in [3.63, 3.8) is 0 Å². The number of carbonyl (C=O) groups is 2. The monoisotopic (exact) mass is 332 g/mol. The molecule has 1 saturated heterocycles. The first-order valence-electron chi connectivity index (χ1n) is 8.50. The molecule has 1 aromatic rings. The molecule has 0 bridgehead atoms. The Morgan fingerprint density at radius 2 is 1.79 bits per heavy atom. The number of amides is 3. The molecule has 0 atom stereocenters. The number of benzene rings is 1. The summed E-state index contributed by atoms with van der Waals surface area (Å²) in [6.07, 6.45) is 1.91. The van der Waals surface area contributed by atoms with Crippen molar-refractivity contribution >= 4 is 23.5 Å². The third kappa shape index (κ3) is 4.31. The lowest BCUT2D eigenvalue weighted by molar-refractivity contribution is 0.105. The average Bonchev–Trinajstić information content (AvgIpc) is 3.40. The molecule has 1 aliphatic carbocycles. The quantitative estimate of drug-likeness (QED) is 0.887. The Morgan fingerprint density at radius 1 is 1.12 bits per heavy atom. The third-order valence-electron chi connectivity index (χ3n) is 4.21. The first-order valence-corrected chi connectivity index (χ1v) is 8.50. The predicted molar refractivity (Wildman–Crippen MR) is 92.4 cm³/mol. The Kier molecular flexibility index (Phi) is 5.08. The van der Waals surface area contributed by atoms with Crippen molar-refractivity contribution in [1.29, 1.82) is 0 Å². The number of anilines is 2. The largest absolute Gasteiger partial charge is 0.450 e. The first-order chi connectivity index (χ1) is 11.7. The Morgan fingerprint density at radius 3 is 2.38 bits per heavy atom. The molecule has 130 valence electrons. The second-order valence-electron chi connectivity index (χ2n) is 6.09. The lowest BCUT2D eigenvalue weighted by atomic mass is 10.2. The molecule has 0 unspecified atom stereocenters. The average molecular weight is 332 g/mol. The van der Waals surface area contributed by atoms with Crippen molar-refractivity contribution in [3.8, 4) is 0 Å². The molecule has 0 radical (unpaired) electrons. The van der Waals surface area contributed by atoms with Crippen LogP contribution in [0.5, 0.6) is 0 Å². The molecule has 3 amide bonds. The summed E-state index contributed by atoms with van der Waals surface area (Å²) >= 11 is 0. The molecule has 0 spiro atoms. The Hall–Kier alpha value is -2.44. The van der Waals surface area contributed by atoms with Gasteiger partial charge >= 0.3 is 12.1 Å². The fourth-order valence-electron chi connectivity index (χ4n) is 2.70. The number of nitrogens with one attached hydrogen (secondary N) is 2. The molecule has 7 heteroatoms. The molecule has 24 heavy (non-hydrogen) atoms. The van der Waals surface area contributed by atoms with E-state index in [1.807, 2.05) is 31.2 Å². The van der Waals surface area contributed by atoms with Gasteiger partial charge in [0.2, 0.25) is 0 Å². The fraction of sp³-hybridized carbons (Fsp3) is 0.529. The number of hydrogen-bond donors (Lipinski definition) is 2. The summed E-state index contributed by atoms with van der Waals surface area (Å²) in [5.41, 5.74) is 1.87. The van der Waals surface area contributed by atoms with Crippen LogP contribution in [0.4, 0.5) is 21.0 Å². The zero-order valence-corrected chi connectivity index (χ0v) is 14.0. The van der Waals surface area contributed by atoms with Crippen LogP contribution >= 0.6 is 0 Å². The minimum absolute atomic E-state index is 0.145. The van der Waals surface area contributed by atoms with Gasteiger partial charge in [-0.1, -0.05) is 0 Å². The summed E-state index contributed by atoms with van der Waals surface area (Å²) < 4.78 is 5.03. The van der Waals surface area contributed by atoms with Crippen molar-refractivity contribution in [2.24, 2.45) is 0 Å². The molecule has 0 aromatic heterocycles. The van der Waals surface area contributed by atoms with E-state index in [2.05, 4.69) is 15.5 Å². The lowest BCUT2D eigenvalue weighted by Gasteiger charge is -2.35. The standard InChI is InChI=1S/C17H24N4O3/c1-2-24-17(23)21-11-9-20(10-12-21)15-7-5-14(6-8-15)19-16(22)18-13-3-4-13/h5-8,13H,2-4,9-12H2,1H3,(H2,18,19,22). The van der Waals surface area contributed by atoms with E-state index in [0.29, 0.717) is 25.7 Å². The normalized spacial score (nSPS) is 17.4. The molecule has 1 aliphatic heterocycles. The van der Waals surface area contributed by atoms with Crippen LogP contribution in [0, 0.1) is 0 Å². The Labute approximate surface area is 141 Å². The molecule has 1 aromatic carbocycles. The second kappa shape index (κ2) is 7.42. The van der Waals surface area contributed by atoms with E-state index in [0.717, 1.165) is 37.3 Å². The highest BCUT2D eigenvalue weighted by atomic mass is 16.6. The summed E-state index contributed by atoms with van der Waals surface area (Å²) in [5.74, 6) is 0. The molecule has 2 aliphatic rings. The van der Waals surface area contributed by atoms with Gasteiger partial charge in [-0.25, -0.2) is 9.59 Å². The van der Waals surface area contributed by atoms with E-state index >= 15 is 0 Å². The molecule has 3 rings (SSSR count). The molecule has 2 fully saturated rings. The van der Waals surface area contributed by atoms with Crippen LogP contribution in [0.25, 0.3) is 0 Å². The van der Waals surface area contributed by atoms with Gasteiger partial charge in [-0.05, 0) is 44.0 Å². The topological polar surface area (TPSA) is 73.9 Å². The highest BCUT2D eigenvalue weighted by Crippen LogP contribution is 2.21. The van der Waals surface area contributed by atoms with Crippen molar-refractivity contribution in [2.45, 2.75) is 25.8 Å². The molecular formula is C17H24N4O3. The van der Waals surface area contributed by atoms with Crippen LogP contribution < -0.4 is 15.5 Å². The number of hydrogen-bond acceptors (Lipinski definition) is 4. The van der Waals surface area contributed by atoms with Crippen LogP contribution in [0.3, 0.4) is 0 Å². The van der Waals surface area contributed by atoms with E-state index in [1.54, 1.807) is 4.90 Å². The zero-order valence-electron chi connectivity index (χ0n) is 14.0. The van der Waals surface area contributed by atoms with Crippen molar-refractivity contribution < 1.29 is 14.3 Å². The van der Waals surface area contributed by atoms with Crippen LogP contribution in [-0.2, 0) is 4.74 Å². The van der Waals surface area contributed by atoms with Gasteiger partial charge in [0.25, 0.3) is 0 Å². The van der Waals surface area contributed by atoms with E-state index < -0.39 is 0 Å². The molecular weight excluding hydrogens is 308 g/mol. The number of carbonyl (C=O) groups excluding carboxylic acids is 2. The summed E-state index contributed by atoms with van der Waals surface area (Å²) in [7, 11) is 0. The van der Waals surface area contributed by atoms with Gasteiger partial charge in [-0.2, -0.15) is 0 Å². The number of urea groups is 1. The molecule has 1 saturated carbocycles.